The van der Waals surface area contributed by atoms with Crippen LogP contribution in [0.2, 0.25) is 0 Å². The first-order valence-corrected chi connectivity index (χ1v) is 9.03. The van der Waals surface area contributed by atoms with Gasteiger partial charge in [0.2, 0.25) is 0 Å². The highest BCUT2D eigenvalue weighted by atomic mass is 16.3. The number of anilines is 1. The van der Waals surface area contributed by atoms with Crippen LogP contribution in [0.4, 0.5) is 5.82 Å². The smallest absolute Gasteiger partial charge is 0.132 e. The van der Waals surface area contributed by atoms with E-state index >= 15 is 0 Å². The second-order valence-corrected chi connectivity index (χ2v) is 7.15. The Labute approximate surface area is 143 Å². The predicted molar refractivity (Wildman–Crippen MR) is 94.8 cm³/mol. The van der Waals surface area contributed by atoms with Gasteiger partial charge in [0.1, 0.15) is 11.6 Å². The van der Waals surface area contributed by atoms with Crippen LogP contribution in [0.1, 0.15) is 43.5 Å². The molecular formula is C20H25N3O. The standard InChI is InChI=1S/C20H25N3O/c1-15-21-13-11-19(22-15)23-14-12-20(24,16-7-3-2-4-8-16)17-9-5-6-10-18(17)23/h2-4,7-8,11,13,17-18,24H,5-6,9-10,12,14H2,1H3/t17-,18+,20+/m0/s1. The third-order valence-corrected chi connectivity index (χ3v) is 5.81. The summed E-state index contributed by atoms with van der Waals surface area (Å²) in [5.41, 5.74) is 0.352. The van der Waals surface area contributed by atoms with Gasteiger partial charge in [-0.15, -0.1) is 0 Å². The number of nitrogens with zero attached hydrogens (tertiary/aromatic N) is 3. The SMILES string of the molecule is Cc1nccc(N2CC[C@@](O)(c3ccccc3)[C@H]3CCCC[C@H]32)n1. The van der Waals surface area contributed by atoms with Gasteiger partial charge in [-0.2, -0.15) is 0 Å². The number of aromatic nitrogens is 2. The van der Waals surface area contributed by atoms with Crippen molar-refractivity contribution in [1.82, 2.24) is 9.97 Å². The van der Waals surface area contributed by atoms with Crippen molar-refractivity contribution in [3.63, 3.8) is 0 Å². The molecule has 1 saturated heterocycles. The summed E-state index contributed by atoms with van der Waals surface area (Å²) in [6.45, 7) is 2.77. The molecule has 0 amide bonds. The fourth-order valence-electron chi connectivity index (χ4n) is 4.66. The van der Waals surface area contributed by atoms with Crippen molar-refractivity contribution in [3.8, 4) is 0 Å². The molecule has 1 aliphatic carbocycles. The van der Waals surface area contributed by atoms with Crippen LogP contribution in [-0.2, 0) is 5.60 Å². The molecule has 4 rings (SSSR count). The van der Waals surface area contributed by atoms with Crippen LogP contribution < -0.4 is 4.90 Å². The molecule has 1 aromatic heterocycles. The minimum absolute atomic E-state index is 0.262. The van der Waals surface area contributed by atoms with Gasteiger partial charge in [0, 0.05) is 24.7 Å². The average Bonchev–Trinajstić information content (AvgIpc) is 2.63. The van der Waals surface area contributed by atoms with Crippen LogP contribution in [0.25, 0.3) is 0 Å². The van der Waals surface area contributed by atoms with E-state index < -0.39 is 5.60 Å². The first kappa shape index (κ1) is 15.6. The van der Waals surface area contributed by atoms with E-state index in [9.17, 15) is 5.11 Å². The lowest BCUT2D eigenvalue weighted by molar-refractivity contribution is -0.0690. The zero-order valence-corrected chi connectivity index (χ0v) is 14.2. The Bertz CT molecular complexity index is 705. The van der Waals surface area contributed by atoms with Crippen molar-refractivity contribution in [2.75, 3.05) is 11.4 Å². The fourth-order valence-corrected chi connectivity index (χ4v) is 4.66. The lowest BCUT2D eigenvalue weighted by atomic mass is 9.66. The lowest BCUT2D eigenvalue weighted by Gasteiger charge is -2.53. The van der Waals surface area contributed by atoms with Gasteiger partial charge in [-0.05, 0) is 37.8 Å². The first-order valence-electron chi connectivity index (χ1n) is 9.03. The van der Waals surface area contributed by atoms with E-state index in [-0.39, 0.29) is 5.92 Å². The van der Waals surface area contributed by atoms with Crippen molar-refractivity contribution < 1.29 is 5.11 Å². The van der Waals surface area contributed by atoms with Crippen LogP contribution in [0, 0.1) is 12.8 Å². The number of aliphatic hydroxyl groups is 1. The first-order chi connectivity index (χ1) is 11.7. The Morgan fingerprint density at radius 3 is 2.71 bits per heavy atom. The summed E-state index contributed by atoms with van der Waals surface area (Å²) in [5, 5.41) is 11.6. The molecule has 0 bridgehead atoms. The van der Waals surface area contributed by atoms with Crippen LogP contribution in [0.3, 0.4) is 0 Å². The monoisotopic (exact) mass is 323 g/mol. The largest absolute Gasteiger partial charge is 0.385 e. The molecule has 126 valence electrons. The molecule has 2 heterocycles. The number of hydrogen-bond donors (Lipinski definition) is 1. The van der Waals surface area contributed by atoms with Crippen molar-refractivity contribution in [2.45, 2.75) is 50.7 Å². The minimum atomic E-state index is -0.717. The number of rotatable bonds is 2. The zero-order chi connectivity index (χ0) is 16.6. The molecule has 24 heavy (non-hydrogen) atoms. The van der Waals surface area contributed by atoms with Crippen LogP contribution in [0.15, 0.2) is 42.6 Å². The number of hydrogen-bond acceptors (Lipinski definition) is 4. The Kier molecular flexibility index (Phi) is 4.01. The second-order valence-electron chi connectivity index (χ2n) is 7.15. The van der Waals surface area contributed by atoms with E-state index in [1.54, 1.807) is 0 Å². The van der Waals surface area contributed by atoms with E-state index in [1.807, 2.05) is 37.4 Å². The van der Waals surface area contributed by atoms with Gasteiger partial charge in [0.05, 0.1) is 5.60 Å². The van der Waals surface area contributed by atoms with Gasteiger partial charge in [-0.1, -0.05) is 43.2 Å². The molecular weight excluding hydrogens is 298 g/mol. The molecule has 0 spiro atoms. The van der Waals surface area contributed by atoms with Gasteiger partial charge in [-0.3, -0.25) is 0 Å². The number of aryl methyl sites for hydroxylation is 1. The number of piperidine rings is 1. The van der Waals surface area contributed by atoms with Crippen molar-refractivity contribution >= 4 is 5.82 Å². The molecule has 2 fully saturated rings. The summed E-state index contributed by atoms with van der Waals surface area (Å²) >= 11 is 0. The summed E-state index contributed by atoms with van der Waals surface area (Å²) in [7, 11) is 0. The summed E-state index contributed by atoms with van der Waals surface area (Å²) in [5.74, 6) is 2.08. The minimum Gasteiger partial charge on any atom is -0.385 e. The van der Waals surface area contributed by atoms with Crippen LogP contribution in [-0.4, -0.2) is 27.7 Å². The molecule has 1 N–H and O–H groups in total. The maximum Gasteiger partial charge on any atom is 0.132 e. The zero-order valence-electron chi connectivity index (χ0n) is 14.2. The van der Waals surface area contributed by atoms with Crippen LogP contribution >= 0.6 is 0 Å². The molecule has 0 unspecified atom stereocenters. The van der Waals surface area contributed by atoms with Crippen molar-refractivity contribution in [1.29, 1.82) is 0 Å². The van der Waals surface area contributed by atoms with E-state index in [1.165, 1.54) is 12.8 Å². The maximum atomic E-state index is 11.6. The average molecular weight is 323 g/mol. The molecule has 0 radical (unpaired) electrons. The van der Waals surface area contributed by atoms with E-state index in [2.05, 4.69) is 27.0 Å². The third kappa shape index (κ3) is 2.59. The Morgan fingerprint density at radius 2 is 1.92 bits per heavy atom. The molecule has 1 saturated carbocycles. The summed E-state index contributed by atoms with van der Waals surface area (Å²) in [6.07, 6.45) is 7.23. The highest BCUT2D eigenvalue weighted by Gasteiger charge is 2.49. The van der Waals surface area contributed by atoms with Crippen molar-refractivity contribution in [2.24, 2.45) is 5.92 Å². The van der Waals surface area contributed by atoms with E-state index in [0.29, 0.717) is 6.04 Å². The third-order valence-electron chi connectivity index (χ3n) is 5.81. The summed E-state index contributed by atoms with van der Waals surface area (Å²) in [4.78, 5) is 11.3. The molecule has 4 heteroatoms. The highest BCUT2D eigenvalue weighted by molar-refractivity contribution is 5.42. The Hall–Kier alpha value is -1.94. The van der Waals surface area contributed by atoms with Gasteiger partial charge in [0.25, 0.3) is 0 Å². The summed E-state index contributed by atoms with van der Waals surface area (Å²) in [6, 6.07) is 12.6. The molecule has 4 nitrogen and oxygen atoms in total. The maximum absolute atomic E-state index is 11.6. The van der Waals surface area contributed by atoms with Gasteiger partial charge < -0.3 is 10.0 Å². The lowest BCUT2D eigenvalue weighted by Crippen LogP contribution is -2.57. The number of fused-ring (bicyclic) bond motifs is 1. The Balaban J connectivity index is 1.70. The number of benzene rings is 1. The van der Waals surface area contributed by atoms with Gasteiger partial charge in [-0.25, -0.2) is 9.97 Å². The summed E-state index contributed by atoms with van der Waals surface area (Å²) < 4.78 is 0. The fraction of sp³-hybridized carbons (Fsp3) is 0.500. The van der Waals surface area contributed by atoms with Crippen LogP contribution in [0.5, 0.6) is 0 Å². The molecule has 2 aromatic rings. The molecule has 2 aliphatic rings. The van der Waals surface area contributed by atoms with Gasteiger partial charge in [0.15, 0.2) is 0 Å². The second kappa shape index (κ2) is 6.17. The predicted octanol–water partition coefficient (Wildman–Crippen LogP) is 3.44. The molecule has 1 aliphatic heterocycles. The molecule has 3 atom stereocenters. The Morgan fingerprint density at radius 1 is 1.12 bits per heavy atom. The highest BCUT2D eigenvalue weighted by Crippen LogP contribution is 2.47. The van der Waals surface area contributed by atoms with Gasteiger partial charge >= 0.3 is 0 Å². The molecule has 1 aromatic carbocycles. The topological polar surface area (TPSA) is 49.2 Å². The van der Waals surface area contributed by atoms with E-state index in [4.69, 9.17) is 0 Å². The quantitative estimate of drug-likeness (QED) is 0.920. The van der Waals surface area contributed by atoms with Crippen molar-refractivity contribution in [3.05, 3.63) is 54.0 Å². The normalized spacial score (nSPS) is 30.0. The van der Waals surface area contributed by atoms with E-state index in [0.717, 1.165) is 43.0 Å².